The summed E-state index contributed by atoms with van der Waals surface area (Å²) in [6, 6.07) is 53.0. The van der Waals surface area contributed by atoms with Gasteiger partial charge in [0.05, 0.1) is 22.8 Å². The first-order valence-electron chi connectivity index (χ1n) is 21.0. The number of rotatable bonds is 4. The average molecular weight is 884 g/mol. The van der Waals surface area contributed by atoms with Gasteiger partial charge in [-0.2, -0.15) is 0 Å². The number of aromatic nitrogens is 4. The summed E-state index contributed by atoms with van der Waals surface area (Å²) in [5, 5.41) is 10.1. The van der Waals surface area contributed by atoms with Crippen LogP contribution in [0.5, 0.6) is 0 Å². The standard InChI is InChI=1S/C59H38N4O.Zn/c1-4-39-36-41(38-42(37-39)34-35-59(2,3)64)21-20-40-22-24-46(25-23-40)58-53-32-30-51(62-53)56(44-16-10-6-11-17-44)49-28-26-47(60-49)55(43-14-8-5-9-15-43)48-27-29-50(61-48)57(45-18-12-7-13-19-45)52-31-33-54(58)63-52;/h1,5-19,22-33,36-38,64H,2-3H3;/q-2;+2. The Morgan fingerprint density at radius 2 is 0.769 bits per heavy atom. The summed E-state index contributed by atoms with van der Waals surface area (Å²) in [7, 11) is 0. The molecule has 0 fully saturated rings. The second-order valence-electron chi connectivity index (χ2n) is 16.0. The van der Waals surface area contributed by atoms with Crippen LogP contribution in [-0.2, 0) is 19.5 Å². The molecule has 302 valence electrons. The Morgan fingerprint density at radius 1 is 0.431 bits per heavy atom. The van der Waals surface area contributed by atoms with Gasteiger partial charge in [-0.15, -0.1) is 28.5 Å². The molecule has 8 bridgehead atoms. The monoisotopic (exact) mass is 882 g/mol. The van der Waals surface area contributed by atoms with Crippen LogP contribution in [0.25, 0.3) is 90.9 Å². The van der Waals surface area contributed by atoms with Crippen LogP contribution < -0.4 is 9.97 Å². The molecule has 2 aliphatic heterocycles. The van der Waals surface area contributed by atoms with Gasteiger partial charge in [-0.1, -0.05) is 157 Å². The Hall–Kier alpha value is -8.04. The average Bonchev–Trinajstić information content (AvgIpc) is 4.17. The van der Waals surface area contributed by atoms with E-state index in [1.807, 2.05) is 84.9 Å². The normalized spacial score (nSPS) is 11.4. The van der Waals surface area contributed by atoms with E-state index in [4.69, 9.17) is 26.4 Å². The molecule has 0 aliphatic carbocycles. The fourth-order valence-electron chi connectivity index (χ4n) is 8.03. The van der Waals surface area contributed by atoms with Crippen molar-refractivity contribution in [2.75, 3.05) is 0 Å². The fraction of sp³-hybridized carbons (Fsp3) is 0.0508. The van der Waals surface area contributed by atoms with E-state index < -0.39 is 5.60 Å². The van der Waals surface area contributed by atoms with Gasteiger partial charge in [0.25, 0.3) is 0 Å². The molecule has 6 heteroatoms. The summed E-state index contributed by atoms with van der Waals surface area (Å²) in [4.78, 5) is 21.5. The van der Waals surface area contributed by atoms with Crippen molar-refractivity contribution < 1.29 is 24.6 Å². The van der Waals surface area contributed by atoms with E-state index in [0.717, 1.165) is 100 Å². The van der Waals surface area contributed by atoms with Gasteiger partial charge in [-0.3, -0.25) is 0 Å². The minimum absolute atomic E-state index is 0. The molecule has 5 heterocycles. The second-order valence-corrected chi connectivity index (χ2v) is 16.0. The largest absolute Gasteiger partial charge is 2.00 e. The maximum absolute atomic E-state index is 10.1. The van der Waals surface area contributed by atoms with Crippen molar-refractivity contribution in [2.24, 2.45) is 0 Å². The molecule has 10 rings (SSSR count). The van der Waals surface area contributed by atoms with Gasteiger partial charge in [-0.25, -0.2) is 9.97 Å². The maximum Gasteiger partial charge on any atom is 2.00 e. The van der Waals surface area contributed by atoms with Crippen molar-refractivity contribution in [1.82, 2.24) is 19.9 Å². The van der Waals surface area contributed by atoms with Crippen molar-refractivity contribution in [2.45, 2.75) is 19.4 Å². The molecule has 5 aromatic carbocycles. The van der Waals surface area contributed by atoms with E-state index in [1.54, 1.807) is 13.8 Å². The minimum Gasteiger partial charge on any atom is -0.657 e. The van der Waals surface area contributed by atoms with Crippen molar-refractivity contribution in [3.63, 3.8) is 0 Å². The maximum atomic E-state index is 10.1. The van der Waals surface area contributed by atoms with E-state index in [1.165, 1.54) is 0 Å². The molecule has 2 aliphatic rings. The van der Waals surface area contributed by atoms with Crippen LogP contribution in [0.1, 0.15) is 58.9 Å². The molecule has 0 amide bonds. The second kappa shape index (κ2) is 18.0. The van der Waals surface area contributed by atoms with Crippen LogP contribution in [0, 0.1) is 36.0 Å². The molecule has 8 aromatic rings. The number of terminal acetylenes is 1. The Labute approximate surface area is 391 Å². The van der Waals surface area contributed by atoms with Gasteiger partial charge in [0.2, 0.25) is 0 Å². The third-order valence-corrected chi connectivity index (χ3v) is 10.9. The van der Waals surface area contributed by atoms with Crippen LogP contribution >= 0.6 is 0 Å². The zero-order valence-corrected chi connectivity index (χ0v) is 38.8. The number of fused-ring (bicyclic) bond motifs is 8. The summed E-state index contributed by atoms with van der Waals surface area (Å²) < 4.78 is 0. The molecule has 5 nitrogen and oxygen atoms in total. The Bertz CT molecular complexity index is 3490. The van der Waals surface area contributed by atoms with Crippen LogP contribution in [0.3, 0.4) is 0 Å². The summed E-state index contributed by atoms with van der Waals surface area (Å²) in [6.07, 6.45) is 14.1. The SMILES string of the molecule is C#Cc1cc(C#Cc2ccc(-c3c4nc(c(-c5ccccc5)c5ccc([n-]5)c(-c5ccccc5)c5nc(c(-c6ccccc6)c6ccc3[n-]6)C=C5)C=C4)cc2)cc(C#CC(C)(C)O)c1.[Zn+2]. The molecule has 0 saturated heterocycles. The van der Waals surface area contributed by atoms with Crippen molar-refractivity contribution in [1.29, 1.82) is 0 Å². The van der Waals surface area contributed by atoms with Gasteiger partial charge < -0.3 is 15.1 Å². The predicted molar refractivity (Wildman–Crippen MR) is 262 cm³/mol. The van der Waals surface area contributed by atoms with Crippen LogP contribution in [0.15, 0.2) is 158 Å². The summed E-state index contributed by atoms with van der Waals surface area (Å²) in [5.41, 5.74) is 15.9. The minimum atomic E-state index is -1.13. The Morgan fingerprint density at radius 3 is 1.14 bits per heavy atom. The van der Waals surface area contributed by atoms with Gasteiger partial charge in [0, 0.05) is 22.3 Å². The fourth-order valence-corrected chi connectivity index (χ4v) is 8.03. The Kier molecular flexibility index (Phi) is 11.7. The summed E-state index contributed by atoms with van der Waals surface area (Å²) in [6.45, 7) is 3.29. The first-order valence-corrected chi connectivity index (χ1v) is 21.0. The van der Waals surface area contributed by atoms with E-state index in [0.29, 0.717) is 11.1 Å². The molecular weight excluding hydrogens is 846 g/mol. The zero-order valence-electron chi connectivity index (χ0n) is 35.8. The van der Waals surface area contributed by atoms with Crippen molar-refractivity contribution in [3.8, 4) is 80.5 Å². The number of benzene rings is 5. The molecule has 0 saturated carbocycles. The third kappa shape index (κ3) is 8.95. The van der Waals surface area contributed by atoms with E-state index >= 15 is 0 Å². The van der Waals surface area contributed by atoms with Crippen molar-refractivity contribution in [3.05, 3.63) is 203 Å². The van der Waals surface area contributed by atoms with Gasteiger partial charge in [0.15, 0.2) is 0 Å². The summed E-state index contributed by atoms with van der Waals surface area (Å²) in [5.74, 6) is 15.2. The van der Waals surface area contributed by atoms with Crippen LogP contribution in [0.4, 0.5) is 0 Å². The molecule has 65 heavy (non-hydrogen) atoms. The molecule has 3 aromatic heterocycles. The molecule has 0 unspecified atom stereocenters. The third-order valence-electron chi connectivity index (χ3n) is 10.9. The van der Waals surface area contributed by atoms with E-state index in [-0.39, 0.29) is 19.5 Å². The molecule has 1 N–H and O–H groups in total. The van der Waals surface area contributed by atoms with Gasteiger partial charge in [-0.05, 0) is 113 Å². The van der Waals surface area contributed by atoms with Crippen LogP contribution in [0.2, 0.25) is 0 Å². The molecule has 0 radical (unpaired) electrons. The number of aliphatic hydroxyl groups is 1. The number of hydrogen-bond donors (Lipinski definition) is 1. The van der Waals surface area contributed by atoms with Crippen LogP contribution in [-0.4, -0.2) is 20.7 Å². The van der Waals surface area contributed by atoms with E-state index in [9.17, 15) is 5.11 Å². The van der Waals surface area contributed by atoms with E-state index in [2.05, 4.69) is 127 Å². The molecule has 0 atom stereocenters. The zero-order chi connectivity index (χ0) is 43.6. The first kappa shape index (κ1) is 42.3. The number of hydrogen-bond acceptors (Lipinski definition) is 3. The van der Waals surface area contributed by atoms with Gasteiger partial charge >= 0.3 is 19.5 Å². The number of nitrogens with zero attached hydrogens (tertiary/aromatic N) is 4. The molecular formula is C59H38N4OZn. The van der Waals surface area contributed by atoms with Gasteiger partial charge in [0.1, 0.15) is 5.60 Å². The molecule has 0 spiro atoms. The topological polar surface area (TPSA) is 74.2 Å². The Balaban J connectivity index is 0.00000533. The predicted octanol–water partition coefficient (Wildman–Crippen LogP) is 12.1. The summed E-state index contributed by atoms with van der Waals surface area (Å²) >= 11 is 0. The first-order chi connectivity index (χ1) is 31.3. The quantitative estimate of drug-likeness (QED) is 0.141. The van der Waals surface area contributed by atoms with Crippen molar-refractivity contribution >= 4 is 46.4 Å². The smallest absolute Gasteiger partial charge is 0.657 e.